The fraction of sp³-hybridized carbons (Fsp3) is 0.529. The maximum atomic E-state index is 13.1. The van der Waals surface area contributed by atoms with Crippen LogP contribution in [0, 0.1) is 11.7 Å². The van der Waals surface area contributed by atoms with E-state index in [1.807, 2.05) is 0 Å². The largest absolute Gasteiger partial charge is 0.351 e. The summed E-state index contributed by atoms with van der Waals surface area (Å²) in [5.74, 6) is -1.16. The summed E-state index contributed by atoms with van der Waals surface area (Å²) in [5, 5.41) is 5.26. The van der Waals surface area contributed by atoms with Gasteiger partial charge >= 0.3 is 0 Å². The second-order valence-electron chi connectivity index (χ2n) is 6.75. The highest BCUT2D eigenvalue weighted by Crippen LogP contribution is 2.42. The zero-order valence-electron chi connectivity index (χ0n) is 13.7. The SMILES string of the molecule is O=C(CNC(=O)C(c1ccc(F)cc1)C1CC1)NC1CCS(=O)(=O)C1. The Morgan fingerprint density at radius 3 is 2.40 bits per heavy atom. The smallest absolute Gasteiger partial charge is 0.239 e. The highest BCUT2D eigenvalue weighted by atomic mass is 32.2. The number of halogens is 1. The van der Waals surface area contributed by atoms with Gasteiger partial charge in [-0.25, -0.2) is 12.8 Å². The Morgan fingerprint density at radius 2 is 1.84 bits per heavy atom. The van der Waals surface area contributed by atoms with E-state index in [0.717, 1.165) is 18.4 Å². The number of carbonyl (C=O) groups excluding carboxylic acids is 2. The lowest BCUT2D eigenvalue weighted by Gasteiger charge is -2.17. The van der Waals surface area contributed by atoms with Crippen LogP contribution in [0.3, 0.4) is 0 Å². The Kier molecular flexibility index (Phi) is 5.08. The van der Waals surface area contributed by atoms with E-state index in [9.17, 15) is 22.4 Å². The number of hydrogen-bond acceptors (Lipinski definition) is 4. The molecule has 2 unspecified atom stereocenters. The predicted molar refractivity (Wildman–Crippen MR) is 90.1 cm³/mol. The first kappa shape index (κ1) is 17.8. The molecule has 2 N–H and O–H groups in total. The van der Waals surface area contributed by atoms with Crippen LogP contribution >= 0.6 is 0 Å². The molecule has 2 atom stereocenters. The van der Waals surface area contributed by atoms with Crippen LogP contribution in [0.1, 0.15) is 30.7 Å². The van der Waals surface area contributed by atoms with Crippen LogP contribution in [0.4, 0.5) is 4.39 Å². The first-order valence-corrected chi connectivity index (χ1v) is 10.2. The Hall–Kier alpha value is -1.96. The lowest BCUT2D eigenvalue weighted by molar-refractivity contribution is -0.127. The second-order valence-corrected chi connectivity index (χ2v) is 8.98. The highest BCUT2D eigenvalue weighted by Gasteiger charge is 2.37. The van der Waals surface area contributed by atoms with Gasteiger partial charge in [-0.3, -0.25) is 9.59 Å². The van der Waals surface area contributed by atoms with Crippen molar-refractivity contribution in [1.29, 1.82) is 0 Å². The van der Waals surface area contributed by atoms with E-state index in [2.05, 4.69) is 10.6 Å². The molecule has 1 aliphatic carbocycles. The predicted octanol–water partition coefficient (Wildman–Crippen LogP) is 0.739. The molecule has 0 radical (unpaired) electrons. The summed E-state index contributed by atoms with van der Waals surface area (Å²) in [6.45, 7) is -0.195. The van der Waals surface area contributed by atoms with Gasteiger partial charge in [-0.05, 0) is 42.9 Å². The van der Waals surface area contributed by atoms with Gasteiger partial charge in [-0.1, -0.05) is 12.1 Å². The molecule has 6 nitrogen and oxygen atoms in total. The summed E-state index contributed by atoms with van der Waals surface area (Å²) < 4.78 is 35.9. The van der Waals surface area contributed by atoms with Crippen molar-refractivity contribution in [1.82, 2.24) is 10.6 Å². The number of hydrogen-bond donors (Lipinski definition) is 2. The van der Waals surface area contributed by atoms with Crippen molar-refractivity contribution in [3.8, 4) is 0 Å². The summed E-state index contributed by atoms with van der Waals surface area (Å²) in [7, 11) is -3.06. The molecule has 2 fully saturated rings. The van der Waals surface area contributed by atoms with Crippen molar-refractivity contribution in [3.05, 3.63) is 35.6 Å². The van der Waals surface area contributed by atoms with E-state index < -0.39 is 15.7 Å². The number of amides is 2. The molecule has 1 aliphatic heterocycles. The third-order valence-corrected chi connectivity index (χ3v) is 6.39. The molecule has 0 bridgehead atoms. The topological polar surface area (TPSA) is 92.3 Å². The van der Waals surface area contributed by atoms with Crippen LogP contribution in [-0.2, 0) is 19.4 Å². The van der Waals surface area contributed by atoms with Crippen molar-refractivity contribution in [2.75, 3.05) is 18.1 Å². The van der Waals surface area contributed by atoms with Gasteiger partial charge in [0.25, 0.3) is 0 Å². The molecular weight excluding hydrogens is 347 g/mol. The Bertz CT molecular complexity index is 759. The van der Waals surface area contributed by atoms with Gasteiger partial charge in [0, 0.05) is 6.04 Å². The number of benzene rings is 1. The van der Waals surface area contributed by atoms with Crippen molar-refractivity contribution >= 4 is 21.7 Å². The molecule has 0 spiro atoms. The van der Waals surface area contributed by atoms with Crippen molar-refractivity contribution in [3.63, 3.8) is 0 Å². The van der Waals surface area contributed by atoms with Crippen molar-refractivity contribution in [2.45, 2.75) is 31.2 Å². The Morgan fingerprint density at radius 1 is 1.16 bits per heavy atom. The summed E-state index contributed by atoms with van der Waals surface area (Å²) >= 11 is 0. The fourth-order valence-corrected chi connectivity index (χ4v) is 4.88. The van der Waals surface area contributed by atoms with Gasteiger partial charge in [0.15, 0.2) is 9.84 Å². The third kappa shape index (κ3) is 4.78. The second kappa shape index (κ2) is 7.11. The molecule has 1 saturated carbocycles. The maximum absolute atomic E-state index is 13.1. The lowest BCUT2D eigenvalue weighted by Crippen LogP contribution is -2.43. The highest BCUT2D eigenvalue weighted by molar-refractivity contribution is 7.91. The van der Waals surface area contributed by atoms with E-state index in [-0.39, 0.29) is 47.7 Å². The summed E-state index contributed by atoms with van der Waals surface area (Å²) in [6, 6.07) is 5.46. The minimum Gasteiger partial charge on any atom is -0.351 e. The normalized spacial score (nSPS) is 23.0. The summed E-state index contributed by atoms with van der Waals surface area (Å²) in [5.41, 5.74) is 0.740. The lowest BCUT2D eigenvalue weighted by atomic mass is 9.93. The van der Waals surface area contributed by atoms with Gasteiger partial charge < -0.3 is 10.6 Å². The summed E-state index contributed by atoms with van der Waals surface area (Å²) in [4.78, 5) is 24.4. The molecule has 136 valence electrons. The van der Waals surface area contributed by atoms with E-state index in [0.29, 0.717) is 6.42 Å². The molecule has 25 heavy (non-hydrogen) atoms. The molecule has 1 saturated heterocycles. The Labute approximate surface area is 146 Å². The maximum Gasteiger partial charge on any atom is 0.239 e. The van der Waals surface area contributed by atoms with Crippen LogP contribution in [0.25, 0.3) is 0 Å². The minimum atomic E-state index is -3.06. The number of nitrogens with one attached hydrogen (secondary N) is 2. The fourth-order valence-electron chi connectivity index (χ4n) is 3.20. The molecule has 1 aromatic rings. The molecule has 3 rings (SSSR count). The molecule has 8 heteroatoms. The average molecular weight is 368 g/mol. The quantitative estimate of drug-likeness (QED) is 0.775. The first-order chi connectivity index (χ1) is 11.8. The molecule has 2 aliphatic rings. The number of sulfone groups is 1. The van der Waals surface area contributed by atoms with Crippen molar-refractivity contribution < 1.29 is 22.4 Å². The zero-order chi connectivity index (χ0) is 18.0. The standard InChI is InChI=1S/C17H21FN2O4S/c18-13-5-3-12(4-6-13)16(11-1-2-11)17(22)19-9-15(21)20-14-7-8-25(23,24)10-14/h3-6,11,14,16H,1-2,7-10H2,(H,19,22)(H,20,21). The van der Waals surface area contributed by atoms with E-state index in [1.54, 1.807) is 12.1 Å². The Balaban J connectivity index is 1.53. The summed E-state index contributed by atoms with van der Waals surface area (Å²) in [6.07, 6.45) is 2.27. The van der Waals surface area contributed by atoms with Gasteiger partial charge in [-0.15, -0.1) is 0 Å². The van der Waals surface area contributed by atoms with Crippen molar-refractivity contribution in [2.24, 2.45) is 5.92 Å². The van der Waals surface area contributed by atoms with E-state index >= 15 is 0 Å². The molecule has 1 heterocycles. The number of carbonyl (C=O) groups is 2. The molecule has 0 aromatic heterocycles. The minimum absolute atomic E-state index is 0.0486. The van der Waals surface area contributed by atoms with Crippen LogP contribution in [-0.4, -0.2) is 44.3 Å². The van der Waals surface area contributed by atoms with Gasteiger partial charge in [-0.2, -0.15) is 0 Å². The molecule has 2 amide bonds. The van der Waals surface area contributed by atoms with E-state index in [4.69, 9.17) is 0 Å². The number of rotatable bonds is 6. The monoisotopic (exact) mass is 368 g/mol. The average Bonchev–Trinajstić information content (AvgIpc) is 3.32. The van der Waals surface area contributed by atoms with Gasteiger partial charge in [0.05, 0.1) is 24.0 Å². The first-order valence-electron chi connectivity index (χ1n) is 8.37. The van der Waals surface area contributed by atoms with Crippen LogP contribution in [0.5, 0.6) is 0 Å². The van der Waals surface area contributed by atoms with Crippen LogP contribution in [0.15, 0.2) is 24.3 Å². The van der Waals surface area contributed by atoms with Gasteiger partial charge in [0.1, 0.15) is 5.82 Å². The van der Waals surface area contributed by atoms with Gasteiger partial charge in [0.2, 0.25) is 11.8 Å². The molecular formula is C17H21FN2O4S. The zero-order valence-corrected chi connectivity index (χ0v) is 14.5. The third-order valence-electron chi connectivity index (χ3n) is 4.63. The van der Waals surface area contributed by atoms with E-state index in [1.165, 1.54) is 12.1 Å². The molecule has 1 aromatic carbocycles. The van der Waals surface area contributed by atoms with Crippen LogP contribution in [0.2, 0.25) is 0 Å². The van der Waals surface area contributed by atoms with Crippen LogP contribution < -0.4 is 10.6 Å².